The van der Waals surface area contributed by atoms with Crippen molar-refractivity contribution in [3.8, 4) is 11.5 Å². The molecule has 82 valence electrons. The van der Waals surface area contributed by atoms with E-state index in [1.165, 1.54) is 0 Å². The van der Waals surface area contributed by atoms with Gasteiger partial charge in [-0.15, -0.1) is 0 Å². The number of aromatic hydroxyl groups is 1. The zero-order valence-corrected chi connectivity index (χ0v) is 12.6. The first-order chi connectivity index (χ1) is 6.80. The molecule has 6 nitrogen and oxygen atoms in total. The first-order valence-corrected chi connectivity index (χ1v) is 5.19. The third-order valence-electron chi connectivity index (χ3n) is 1.45. The van der Waals surface area contributed by atoms with Crippen LogP contribution in [0.2, 0.25) is 0 Å². The van der Waals surface area contributed by atoms with Gasteiger partial charge in [-0.3, -0.25) is 4.79 Å². The Morgan fingerprint density at radius 3 is 2.44 bits per heavy atom. The first-order valence-electron chi connectivity index (χ1n) is 3.78. The number of rotatable bonds is 2. The first kappa shape index (κ1) is 16.0. The zero-order chi connectivity index (χ0) is 11.6. The second-order valence-electron chi connectivity index (χ2n) is 2.68. The predicted molar refractivity (Wildman–Crippen MR) is 47.4 cm³/mol. The minimum Gasteiger partial charge on any atom is -0.744 e. The van der Waals surface area contributed by atoms with Crippen molar-refractivity contribution in [2.45, 2.75) is 11.8 Å². The van der Waals surface area contributed by atoms with Crippen LogP contribution in [-0.2, 0) is 14.9 Å². The fraction of sp³-hybridized carbons (Fsp3) is 0.125. The van der Waals surface area contributed by atoms with Gasteiger partial charge in [0.05, 0.1) is 0 Å². The van der Waals surface area contributed by atoms with Crippen molar-refractivity contribution >= 4 is 16.1 Å². The zero-order valence-electron chi connectivity index (χ0n) is 8.63. The average molecular weight is 270 g/mol. The molecule has 0 saturated heterocycles. The molecular weight excluding hydrogens is 263 g/mol. The predicted octanol–water partition coefficient (Wildman–Crippen LogP) is -2.77. The number of esters is 1. The standard InChI is InChI=1S/C8H8O6S.K/c1-5(9)14-7-3-2-6(10)4-8(7)15(11,12)13;/h2-4,10H,1H3,(H,11,12,13);/q;+1/p-1. The van der Waals surface area contributed by atoms with Crippen LogP contribution in [0.25, 0.3) is 0 Å². The van der Waals surface area contributed by atoms with E-state index in [1.54, 1.807) is 0 Å². The van der Waals surface area contributed by atoms with Gasteiger partial charge in [-0.05, 0) is 12.1 Å². The van der Waals surface area contributed by atoms with Gasteiger partial charge in [-0.25, -0.2) is 8.42 Å². The van der Waals surface area contributed by atoms with E-state index >= 15 is 0 Å². The van der Waals surface area contributed by atoms with Crippen LogP contribution in [0.5, 0.6) is 11.5 Å². The van der Waals surface area contributed by atoms with Gasteiger partial charge >= 0.3 is 57.4 Å². The van der Waals surface area contributed by atoms with Crippen LogP contribution in [-0.4, -0.2) is 24.0 Å². The summed E-state index contributed by atoms with van der Waals surface area (Å²) < 4.78 is 36.7. The van der Waals surface area contributed by atoms with Gasteiger partial charge in [0.2, 0.25) is 0 Å². The molecule has 1 aromatic rings. The molecule has 1 aromatic carbocycles. The van der Waals surface area contributed by atoms with Gasteiger partial charge < -0.3 is 14.4 Å². The third kappa shape index (κ3) is 4.50. The van der Waals surface area contributed by atoms with E-state index in [2.05, 4.69) is 4.74 Å². The smallest absolute Gasteiger partial charge is 0.744 e. The van der Waals surface area contributed by atoms with Crippen molar-refractivity contribution in [3.63, 3.8) is 0 Å². The average Bonchev–Trinajstić information content (AvgIpc) is 2.05. The fourth-order valence-corrected chi connectivity index (χ4v) is 1.55. The molecule has 16 heavy (non-hydrogen) atoms. The van der Waals surface area contributed by atoms with Crippen molar-refractivity contribution in [2.24, 2.45) is 0 Å². The summed E-state index contributed by atoms with van der Waals surface area (Å²) in [7, 11) is -4.79. The number of carbonyl (C=O) groups is 1. The minimum absolute atomic E-state index is 0. The summed E-state index contributed by atoms with van der Waals surface area (Å²) in [5.41, 5.74) is 0. The van der Waals surface area contributed by atoms with Crippen molar-refractivity contribution in [2.75, 3.05) is 0 Å². The third-order valence-corrected chi connectivity index (χ3v) is 2.31. The summed E-state index contributed by atoms with van der Waals surface area (Å²) in [6, 6.07) is 2.86. The quantitative estimate of drug-likeness (QED) is 0.270. The Balaban J connectivity index is 0.00000225. The number of hydrogen-bond donors (Lipinski definition) is 1. The van der Waals surface area contributed by atoms with Gasteiger partial charge in [0.25, 0.3) is 0 Å². The molecule has 1 N–H and O–H groups in total. The number of carbonyl (C=O) groups excluding carboxylic acids is 1. The molecule has 0 spiro atoms. The number of benzene rings is 1. The van der Waals surface area contributed by atoms with Gasteiger partial charge in [0.15, 0.2) is 0 Å². The van der Waals surface area contributed by atoms with E-state index in [0.29, 0.717) is 0 Å². The Kier molecular flexibility index (Phi) is 6.11. The topological polar surface area (TPSA) is 104 Å². The van der Waals surface area contributed by atoms with Crippen LogP contribution in [0.1, 0.15) is 6.92 Å². The van der Waals surface area contributed by atoms with E-state index < -0.39 is 32.5 Å². The molecule has 0 aromatic heterocycles. The van der Waals surface area contributed by atoms with Crippen LogP contribution in [0, 0.1) is 0 Å². The van der Waals surface area contributed by atoms with E-state index in [4.69, 9.17) is 5.11 Å². The number of ether oxygens (including phenoxy) is 1. The molecular formula is C8H7KO6S. The Labute approximate surface area is 135 Å². The maximum atomic E-state index is 10.7. The molecule has 0 unspecified atom stereocenters. The van der Waals surface area contributed by atoms with Gasteiger partial charge in [-0.1, -0.05) is 0 Å². The second kappa shape index (κ2) is 6.10. The molecule has 8 heteroatoms. The molecule has 0 saturated carbocycles. The van der Waals surface area contributed by atoms with Crippen LogP contribution in [0.4, 0.5) is 0 Å². The molecule has 1 rings (SSSR count). The summed E-state index contributed by atoms with van der Waals surface area (Å²) in [4.78, 5) is 9.83. The number of hydrogen-bond acceptors (Lipinski definition) is 6. The Morgan fingerprint density at radius 1 is 1.44 bits per heavy atom. The monoisotopic (exact) mass is 270 g/mol. The Bertz CT molecular complexity index is 495. The summed E-state index contributed by atoms with van der Waals surface area (Å²) >= 11 is 0. The fourth-order valence-electron chi connectivity index (χ4n) is 0.931. The van der Waals surface area contributed by atoms with Crippen LogP contribution in [0.3, 0.4) is 0 Å². The Morgan fingerprint density at radius 2 is 2.00 bits per heavy atom. The summed E-state index contributed by atoms with van der Waals surface area (Å²) in [6.45, 7) is 1.06. The number of phenols is 1. The molecule has 0 atom stereocenters. The summed E-state index contributed by atoms with van der Waals surface area (Å²) in [5.74, 6) is -1.55. The molecule has 0 radical (unpaired) electrons. The molecule has 0 fully saturated rings. The molecule has 0 aliphatic heterocycles. The van der Waals surface area contributed by atoms with Crippen molar-refractivity contribution < 1.29 is 79.0 Å². The molecule has 0 aliphatic carbocycles. The molecule has 0 bridgehead atoms. The van der Waals surface area contributed by atoms with Crippen LogP contribution < -0.4 is 56.1 Å². The normalized spacial score (nSPS) is 10.4. The maximum absolute atomic E-state index is 10.7. The SMILES string of the molecule is CC(=O)Oc1ccc(O)cc1S(=O)(=O)[O-].[K+]. The minimum atomic E-state index is -4.79. The van der Waals surface area contributed by atoms with E-state index in [-0.39, 0.29) is 51.4 Å². The molecule has 0 amide bonds. The number of phenolic OH excluding ortho intramolecular Hbond substituents is 1. The van der Waals surface area contributed by atoms with Gasteiger partial charge in [0, 0.05) is 13.0 Å². The molecule has 0 aliphatic rings. The van der Waals surface area contributed by atoms with E-state index in [1.807, 2.05) is 0 Å². The summed E-state index contributed by atoms with van der Waals surface area (Å²) in [6.07, 6.45) is 0. The van der Waals surface area contributed by atoms with Crippen molar-refractivity contribution in [3.05, 3.63) is 18.2 Å². The van der Waals surface area contributed by atoms with Gasteiger partial charge in [0.1, 0.15) is 26.5 Å². The van der Waals surface area contributed by atoms with Crippen molar-refractivity contribution in [1.82, 2.24) is 0 Å². The van der Waals surface area contributed by atoms with Crippen LogP contribution >= 0.6 is 0 Å². The van der Waals surface area contributed by atoms with E-state index in [0.717, 1.165) is 25.1 Å². The van der Waals surface area contributed by atoms with Crippen LogP contribution in [0.15, 0.2) is 23.1 Å². The summed E-state index contributed by atoms with van der Waals surface area (Å²) in [5, 5.41) is 8.99. The van der Waals surface area contributed by atoms with Gasteiger partial charge in [-0.2, -0.15) is 0 Å². The van der Waals surface area contributed by atoms with E-state index in [9.17, 15) is 17.8 Å². The second-order valence-corrected chi connectivity index (χ2v) is 4.03. The Hall–Kier alpha value is 0.0364. The largest absolute Gasteiger partial charge is 1.00 e. The van der Waals surface area contributed by atoms with Crippen molar-refractivity contribution in [1.29, 1.82) is 0 Å². The molecule has 0 heterocycles. The maximum Gasteiger partial charge on any atom is 1.00 e.